The number of fused-ring (bicyclic) bond motifs is 3. The number of phenolic OH excluding ortho intramolecular Hbond substituents is 1. The molecule has 46 heavy (non-hydrogen) atoms. The third-order valence-corrected chi connectivity index (χ3v) is 8.81. The number of hydrogen-bond acceptors (Lipinski definition) is 15. The van der Waals surface area contributed by atoms with Crippen molar-refractivity contribution in [2.75, 3.05) is 27.3 Å². The summed E-state index contributed by atoms with van der Waals surface area (Å²) in [6.07, 6.45) is -1.76. The molecule has 3 aliphatic carbocycles. The Labute approximate surface area is 262 Å². The van der Waals surface area contributed by atoms with Gasteiger partial charge in [-0.15, -0.1) is 0 Å². The maximum Gasteiger partial charge on any atom is 0.347 e. The minimum atomic E-state index is -3.07. The number of primary amides is 1. The molecule has 16 nitrogen and oxygen atoms in total. The van der Waals surface area contributed by atoms with Crippen LogP contribution in [0.15, 0.2) is 39.3 Å². The third-order valence-electron chi connectivity index (χ3n) is 8.81. The fourth-order valence-corrected chi connectivity index (χ4v) is 6.55. The lowest BCUT2D eigenvalue weighted by molar-refractivity contribution is -0.169. The van der Waals surface area contributed by atoms with Crippen molar-refractivity contribution in [1.82, 2.24) is 4.90 Å². The molecular formula is C30H36N4O12. The molecule has 0 unspecified atom stereocenters. The van der Waals surface area contributed by atoms with E-state index in [4.69, 9.17) is 15.2 Å². The van der Waals surface area contributed by atoms with Gasteiger partial charge < -0.3 is 40.7 Å². The minimum absolute atomic E-state index is 0.0871. The van der Waals surface area contributed by atoms with Crippen LogP contribution in [-0.2, 0) is 33.4 Å². The lowest BCUT2D eigenvalue weighted by Gasteiger charge is -2.53. The van der Waals surface area contributed by atoms with Crippen LogP contribution in [0.25, 0.3) is 5.76 Å². The smallest absolute Gasteiger partial charge is 0.347 e. The predicted molar refractivity (Wildman–Crippen MR) is 157 cm³/mol. The van der Waals surface area contributed by atoms with Crippen molar-refractivity contribution in [1.29, 1.82) is 0 Å². The Hall–Kier alpha value is -4.67. The van der Waals surface area contributed by atoms with Crippen LogP contribution in [0.2, 0.25) is 0 Å². The van der Waals surface area contributed by atoms with Gasteiger partial charge in [0.2, 0.25) is 5.78 Å². The zero-order chi connectivity index (χ0) is 34.6. The summed E-state index contributed by atoms with van der Waals surface area (Å²) in [6, 6.07) is 1.18. The van der Waals surface area contributed by atoms with E-state index in [2.05, 4.69) is 10.2 Å². The van der Waals surface area contributed by atoms with Gasteiger partial charge in [-0.05, 0) is 52.4 Å². The molecule has 0 bridgehead atoms. The second-order valence-electron chi connectivity index (χ2n) is 11.7. The second-order valence-corrected chi connectivity index (χ2v) is 11.7. The van der Waals surface area contributed by atoms with Crippen LogP contribution in [0.3, 0.4) is 0 Å². The highest BCUT2D eigenvalue weighted by Crippen LogP contribution is 2.57. The average molecular weight is 645 g/mol. The topological polar surface area (TPSA) is 259 Å². The highest BCUT2D eigenvalue weighted by atomic mass is 16.6. The first-order chi connectivity index (χ1) is 21.4. The molecular weight excluding hydrogens is 608 g/mol. The number of hydrogen-bond donors (Lipinski definition) is 6. The van der Waals surface area contributed by atoms with E-state index in [1.54, 1.807) is 6.92 Å². The number of likely N-dealkylation sites (N-methyl/N-ethyl adjacent to an activating group) is 1. The minimum Gasteiger partial charge on any atom is -0.508 e. The number of ketones is 2. The van der Waals surface area contributed by atoms with Gasteiger partial charge in [-0.1, -0.05) is 13.0 Å². The number of rotatable bonds is 8. The predicted octanol–water partition coefficient (Wildman–Crippen LogP) is 0.464. The number of amides is 1. The number of nitrogens with two attached hydrogens (primary N) is 1. The monoisotopic (exact) mass is 644 g/mol. The van der Waals surface area contributed by atoms with Gasteiger partial charge in [0, 0.05) is 11.5 Å². The van der Waals surface area contributed by atoms with E-state index in [0.717, 1.165) is 6.92 Å². The highest BCUT2D eigenvalue weighted by molar-refractivity contribution is 6.24. The molecule has 1 saturated carbocycles. The summed E-state index contributed by atoms with van der Waals surface area (Å²) in [7, 11) is 2.82. The van der Waals surface area contributed by atoms with E-state index < -0.39 is 98.9 Å². The maximum absolute atomic E-state index is 14.1. The van der Waals surface area contributed by atoms with Gasteiger partial charge in [-0.2, -0.15) is 10.2 Å². The molecule has 0 radical (unpaired) electrons. The normalized spacial score (nSPS) is 27.8. The Bertz CT molecular complexity index is 1610. The number of carbonyl (C=O) groups excluding carboxylic acids is 5. The van der Waals surface area contributed by atoms with Gasteiger partial charge in [0.1, 0.15) is 22.8 Å². The molecule has 16 heteroatoms. The Morgan fingerprint density at radius 1 is 1.07 bits per heavy atom. The van der Waals surface area contributed by atoms with Crippen molar-refractivity contribution in [2.24, 2.45) is 27.8 Å². The van der Waals surface area contributed by atoms with E-state index in [1.807, 2.05) is 0 Å². The summed E-state index contributed by atoms with van der Waals surface area (Å²) in [5.41, 5.74) is -2.11. The molecule has 3 aliphatic rings. The number of carbonyl (C=O) groups is 5. The quantitative estimate of drug-likeness (QED) is 0.0974. The van der Waals surface area contributed by atoms with Crippen molar-refractivity contribution in [2.45, 2.75) is 56.9 Å². The lowest BCUT2D eigenvalue weighted by atomic mass is 9.54. The summed E-state index contributed by atoms with van der Waals surface area (Å²) in [6.45, 7) is 5.52. The van der Waals surface area contributed by atoms with Crippen molar-refractivity contribution in [3.05, 3.63) is 40.2 Å². The Morgan fingerprint density at radius 3 is 2.13 bits per heavy atom. The second kappa shape index (κ2) is 11.9. The molecule has 0 heterocycles. The van der Waals surface area contributed by atoms with Gasteiger partial charge >= 0.3 is 11.9 Å². The van der Waals surface area contributed by atoms with E-state index in [-0.39, 0.29) is 30.0 Å². The first-order valence-corrected chi connectivity index (χ1v) is 14.4. The zero-order valence-corrected chi connectivity index (χ0v) is 26.0. The average Bonchev–Trinajstić information content (AvgIpc) is 2.98. The van der Waals surface area contributed by atoms with Crippen LogP contribution in [0.4, 0.5) is 5.69 Å². The van der Waals surface area contributed by atoms with E-state index in [0.29, 0.717) is 0 Å². The van der Waals surface area contributed by atoms with Crippen molar-refractivity contribution >= 4 is 40.9 Å². The van der Waals surface area contributed by atoms with Crippen LogP contribution in [0.5, 0.6) is 5.75 Å². The first kappa shape index (κ1) is 34.2. The van der Waals surface area contributed by atoms with E-state index >= 15 is 0 Å². The number of ether oxygens (including phenoxy) is 2. The number of esters is 2. The van der Waals surface area contributed by atoms with Gasteiger partial charge in [0.15, 0.2) is 17.1 Å². The summed E-state index contributed by atoms with van der Waals surface area (Å²) < 4.78 is 9.89. The summed E-state index contributed by atoms with van der Waals surface area (Å²) in [5.74, 6) is -12.7. The lowest BCUT2D eigenvalue weighted by Crippen LogP contribution is -2.70. The van der Waals surface area contributed by atoms with E-state index in [1.165, 1.54) is 45.0 Å². The highest BCUT2D eigenvalue weighted by Gasteiger charge is 2.68. The SMILES string of the molecule is CCOC(=O)C(C)(N=Nc1ccc2c(c1O)C(O)=C1C(=O)[C@]3(O)C(O)=C(C(N)=O)C(=O)[C@@H](N(C)C)[C@@H]3[C@@H](O)[C@@H]1[C@H]2C)C(=O)OCC. The Balaban J connectivity index is 1.93. The fraction of sp³-hybridized carbons (Fsp3) is 0.500. The van der Waals surface area contributed by atoms with E-state index in [9.17, 15) is 49.5 Å². The van der Waals surface area contributed by atoms with Crippen LogP contribution in [0, 0.1) is 11.8 Å². The molecule has 6 atom stereocenters. The number of phenols is 1. The van der Waals surface area contributed by atoms with Crippen molar-refractivity contribution in [3.63, 3.8) is 0 Å². The fourth-order valence-electron chi connectivity index (χ4n) is 6.55. The number of nitrogens with zero attached hydrogens (tertiary/aromatic N) is 3. The molecule has 248 valence electrons. The van der Waals surface area contributed by atoms with Crippen LogP contribution < -0.4 is 5.73 Å². The van der Waals surface area contributed by atoms with Gasteiger partial charge in [-0.3, -0.25) is 19.3 Å². The molecule has 4 rings (SSSR count). The van der Waals surface area contributed by atoms with Crippen LogP contribution in [0.1, 0.15) is 44.7 Å². The molecule has 7 N–H and O–H groups in total. The molecule has 0 aromatic heterocycles. The molecule has 1 aromatic carbocycles. The van der Waals surface area contributed by atoms with Crippen molar-refractivity contribution in [3.8, 4) is 5.75 Å². The summed E-state index contributed by atoms with van der Waals surface area (Å²) >= 11 is 0. The third kappa shape index (κ3) is 4.75. The Morgan fingerprint density at radius 2 is 1.63 bits per heavy atom. The van der Waals surface area contributed by atoms with Gasteiger partial charge in [0.05, 0.1) is 36.8 Å². The largest absolute Gasteiger partial charge is 0.508 e. The summed E-state index contributed by atoms with van der Waals surface area (Å²) in [5, 5.41) is 64.9. The van der Waals surface area contributed by atoms with Crippen LogP contribution >= 0.6 is 0 Å². The number of aromatic hydroxyl groups is 1. The Kier molecular flexibility index (Phi) is 8.87. The maximum atomic E-state index is 14.1. The molecule has 0 spiro atoms. The first-order valence-electron chi connectivity index (χ1n) is 14.4. The molecule has 0 aliphatic heterocycles. The number of azo groups is 1. The van der Waals surface area contributed by atoms with Gasteiger partial charge in [0.25, 0.3) is 11.4 Å². The zero-order valence-electron chi connectivity index (χ0n) is 26.0. The number of Topliss-reactive ketones (excluding diaryl/α,β-unsaturated/α-hetero) is 2. The summed E-state index contributed by atoms with van der Waals surface area (Å²) in [4.78, 5) is 66.1. The molecule has 1 aromatic rings. The molecule has 1 amide bonds. The molecule has 0 saturated heterocycles. The standard InChI is InChI=1S/C30H36N4O12/c1-7-45-27(42)29(4,28(43)46-8-2)33-32-13-10-9-12-11(3)14-16(21(36)15(12)20(13)35)24(39)30(44)18(22(14)37)19(34(5)6)23(38)17(25(30)40)26(31)41/h9-11,14,18-19,22,35-37,40,44H,7-8H2,1-6H3,(H2,31,41)/t11-,14+,18+,19-,22-,30-/m0/s1. The van der Waals surface area contributed by atoms with Crippen molar-refractivity contribution < 1.29 is 59.0 Å². The number of aliphatic hydroxyl groups is 4. The number of aliphatic hydroxyl groups excluding tert-OH is 3. The number of benzene rings is 1. The van der Waals surface area contributed by atoms with Crippen LogP contribution in [-0.4, -0.2) is 110 Å². The van der Waals surface area contributed by atoms with Gasteiger partial charge in [-0.25, -0.2) is 9.59 Å². The molecule has 1 fully saturated rings.